The molecular formula is C36H42IrNO2-. The predicted molar refractivity (Wildman–Crippen MR) is 164 cm³/mol. The summed E-state index contributed by atoms with van der Waals surface area (Å²) in [5.74, 6) is 0.547. The van der Waals surface area contributed by atoms with Crippen molar-refractivity contribution in [3.05, 3.63) is 89.2 Å². The van der Waals surface area contributed by atoms with Crippen molar-refractivity contribution in [1.82, 2.24) is 4.98 Å². The molecule has 0 aliphatic heterocycles. The van der Waals surface area contributed by atoms with Gasteiger partial charge in [-0.1, -0.05) is 94.5 Å². The van der Waals surface area contributed by atoms with Gasteiger partial charge in [-0.2, -0.15) is 0 Å². The number of para-hydroxylation sites is 1. The number of aromatic nitrogens is 1. The second-order valence-corrected chi connectivity index (χ2v) is 11.2. The van der Waals surface area contributed by atoms with Crippen LogP contribution >= 0.6 is 0 Å². The molecule has 0 atom stereocenters. The van der Waals surface area contributed by atoms with E-state index in [1.807, 2.05) is 33.8 Å². The van der Waals surface area contributed by atoms with Crippen molar-refractivity contribution >= 4 is 27.5 Å². The van der Waals surface area contributed by atoms with Crippen molar-refractivity contribution in [3.8, 4) is 11.3 Å². The van der Waals surface area contributed by atoms with Gasteiger partial charge in [0.25, 0.3) is 0 Å². The smallest absolute Gasteiger partial charge is 0.162 e. The molecule has 0 bridgehead atoms. The first-order chi connectivity index (χ1) is 18.7. The van der Waals surface area contributed by atoms with Crippen LogP contribution in [0.25, 0.3) is 32.9 Å². The molecule has 1 aliphatic rings. The van der Waals surface area contributed by atoms with Crippen LogP contribution in [0.15, 0.2) is 66.4 Å². The molecule has 3 aromatic carbocycles. The van der Waals surface area contributed by atoms with Gasteiger partial charge in [0, 0.05) is 48.8 Å². The molecule has 0 unspecified atom stereocenters. The fourth-order valence-corrected chi connectivity index (χ4v) is 6.22. The second-order valence-electron chi connectivity index (χ2n) is 11.2. The summed E-state index contributed by atoms with van der Waals surface area (Å²) >= 11 is 0. The number of aryl methyl sites for hydroxylation is 1. The van der Waals surface area contributed by atoms with E-state index in [1.165, 1.54) is 38.9 Å². The van der Waals surface area contributed by atoms with Crippen molar-refractivity contribution in [2.75, 3.05) is 0 Å². The molecule has 0 saturated heterocycles. The van der Waals surface area contributed by atoms with Gasteiger partial charge in [-0.15, -0.1) is 29.1 Å². The van der Waals surface area contributed by atoms with E-state index in [1.54, 1.807) is 0 Å². The first-order valence-corrected chi connectivity index (χ1v) is 14.5. The Morgan fingerprint density at radius 2 is 1.60 bits per heavy atom. The topological polar surface area (TPSA) is 50.2 Å². The predicted octanol–water partition coefficient (Wildman–Crippen LogP) is 9.67. The van der Waals surface area contributed by atoms with Gasteiger partial charge in [0.05, 0.1) is 11.3 Å². The van der Waals surface area contributed by atoms with Crippen LogP contribution in [0.5, 0.6) is 0 Å². The Morgan fingerprint density at radius 3 is 2.25 bits per heavy atom. The number of allylic oxidation sites excluding steroid dienone is 2. The van der Waals surface area contributed by atoms with Crippen LogP contribution in [0.3, 0.4) is 0 Å². The summed E-state index contributed by atoms with van der Waals surface area (Å²) in [4.78, 5) is 16.8. The van der Waals surface area contributed by atoms with E-state index in [0.717, 1.165) is 42.5 Å². The Bertz CT molecular complexity index is 1520. The maximum Gasteiger partial charge on any atom is 0.162 e. The minimum Gasteiger partial charge on any atom is -0.512 e. The Labute approximate surface area is 253 Å². The summed E-state index contributed by atoms with van der Waals surface area (Å²) in [6.45, 7) is 14.9. The van der Waals surface area contributed by atoms with Gasteiger partial charge >= 0.3 is 0 Å². The van der Waals surface area contributed by atoms with E-state index in [-0.39, 0.29) is 48.9 Å². The molecule has 213 valence electrons. The number of hydrogen-bond donors (Lipinski definition) is 1. The third-order valence-electron chi connectivity index (χ3n) is 8.61. The van der Waals surface area contributed by atoms with Crippen LogP contribution in [0.4, 0.5) is 0 Å². The van der Waals surface area contributed by atoms with Crippen molar-refractivity contribution < 1.29 is 30.0 Å². The molecule has 0 amide bonds. The molecule has 0 fully saturated rings. The maximum absolute atomic E-state index is 11.7. The first kappa shape index (κ1) is 31.7. The van der Waals surface area contributed by atoms with Crippen LogP contribution in [0, 0.1) is 24.8 Å². The number of ketones is 1. The third-order valence-corrected chi connectivity index (χ3v) is 8.61. The number of rotatable bonds is 7. The number of aliphatic hydroxyl groups is 1. The van der Waals surface area contributed by atoms with Crippen LogP contribution in [0.1, 0.15) is 83.9 Å². The van der Waals surface area contributed by atoms with Gasteiger partial charge < -0.3 is 5.11 Å². The van der Waals surface area contributed by atoms with E-state index in [2.05, 4.69) is 75.4 Å². The van der Waals surface area contributed by atoms with Crippen LogP contribution in [-0.2, 0) is 30.3 Å². The first-order valence-electron chi connectivity index (χ1n) is 14.5. The molecule has 1 heterocycles. The molecule has 0 spiro atoms. The van der Waals surface area contributed by atoms with Crippen LogP contribution in [0.2, 0.25) is 0 Å². The second kappa shape index (κ2) is 13.2. The molecule has 4 aromatic rings. The number of hydrogen-bond acceptors (Lipinski definition) is 3. The third kappa shape index (κ3) is 5.80. The fourth-order valence-electron chi connectivity index (χ4n) is 6.22. The van der Waals surface area contributed by atoms with E-state index < -0.39 is 0 Å². The maximum atomic E-state index is 11.7. The number of carbonyl (C=O) groups is 1. The molecule has 1 aromatic heterocycles. The quantitative estimate of drug-likeness (QED) is 0.118. The molecule has 1 N–H and O–H groups in total. The molecular weight excluding hydrogens is 671 g/mol. The van der Waals surface area contributed by atoms with E-state index in [4.69, 9.17) is 4.98 Å². The molecule has 4 heteroatoms. The Morgan fingerprint density at radius 1 is 0.950 bits per heavy atom. The summed E-state index contributed by atoms with van der Waals surface area (Å²) in [6.07, 6.45) is 4.91. The monoisotopic (exact) mass is 713 g/mol. The van der Waals surface area contributed by atoms with Crippen molar-refractivity contribution in [2.45, 2.75) is 79.6 Å². The van der Waals surface area contributed by atoms with Gasteiger partial charge in [-0.25, -0.2) is 0 Å². The number of pyridine rings is 1. The van der Waals surface area contributed by atoms with Gasteiger partial charge in [0.15, 0.2) is 5.78 Å². The van der Waals surface area contributed by atoms with Gasteiger partial charge in [-0.05, 0) is 49.9 Å². The minimum atomic E-state index is -0.0713. The molecule has 1 radical (unpaired) electrons. The van der Waals surface area contributed by atoms with Gasteiger partial charge in [0.2, 0.25) is 0 Å². The fraction of sp³-hybridized carbons (Fsp3) is 0.389. The van der Waals surface area contributed by atoms with Gasteiger partial charge in [0.1, 0.15) is 0 Å². The van der Waals surface area contributed by atoms with Crippen LogP contribution < -0.4 is 0 Å². The zero-order valence-electron chi connectivity index (χ0n) is 24.9. The summed E-state index contributed by atoms with van der Waals surface area (Å²) < 4.78 is 0. The van der Waals surface area contributed by atoms with Crippen molar-refractivity contribution in [1.29, 1.82) is 0 Å². The number of nitrogens with zero attached hydrogens (tertiary/aromatic N) is 1. The summed E-state index contributed by atoms with van der Waals surface area (Å²) in [5, 5.41) is 13.6. The van der Waals surface area contributed by atoms with E-state index in [0.29, 0.717) is 0 Å². The Balaban J connectivity index is 0.000000243. The largest absolute Gasteiger partial charge is 0.512 e. The normalized spacial score (nSPS) is 13.6. The molecule has 5 rings (SSSR count). The molecule has 1 aliphatic carbocycles. The molecule has 40 heavy (non-hydrogen) atoms. The van der Waals surface area contributed by atoms with E-state index >= 15 is 0 Å². The standard InChI is InChI=1S/C23H18N.C13H24O2.Ir/c1-14-16-10-4-5-13-19(16)24-22-17-11-6-8-15-9-7-12-18(20(15)17)23(2,3)21(14)22;1-5-10(6-2)12(14)9-13(15)11(7-3)8-4;/h4-10,12-13H,1-3H3;9-11,14H,5-8H2,1-4H3;/q-1;;/b;12-9-;. The zero-order chi connectivity index (χ0) is 28.3. The number of aliphatic hydroxyl groups excluding tert-OH is 1. The number of benzene rings is 3. The average molecular weight is 713 g/mol. The van der Waals surface area contributed by atoms with E-state index in [9.17, 15) is 9.90 Å². The average Bonchev–Trinajstić information content (AvgIpc) is 2.93. The number of carbonyl (C=O) groups excluding carboxylic acids is 1. The van der Waals surface area contributed by atoms with Crippen LogP contribution in [-0.4, -0.2) is 15.9 Å². The minimum absolute atomic E-state index is 0. The molecule has 0 saturated carbocycles. The zero-order valence-corrected chi connectivity index (χ0v) is 27.3. The van der Waals surface area contributed by atoms with Gasteiger partial charge in [-0.3, -0.25) is 9.78 Å². The Hall–Kier alpha value is -2.81. The SMILES string of the molecule is CCC(CC)C(=O)/C=C(\O)C(CC)CC.Cc1c2c(nc3ccccc13)-c1[c-]ccc3cccc(c13)C2(C)C.[Ir]. The summed E-state index contributed by atoms with van der Waals surface area (Å²) in [5.41, 5.74) is 7.28. The molecule has 3 nitrogen and oxygen atoms in total. The van der Waals surface area contributed by atoms with Crippen molar-refractivity contribution in [2.24, 2.45) is 11.8 Å². The van der Waals surface area contributed by atoms with Crippen molar-refractivity contribution in [3.63, 3.8) is 0 Å². The number of fused-ring (bicyclic) bond motifs is 3. The summed E-state index contributed by atoms with van der Waals surface area (Å²) in [7, 11) is 0. The summed E-state index contributed by atoms with van der Waals surface area (Å²) in [6, 6.07) is 22.7. The Kier molecular flexibility index (Phi) is 10.5.